The molecular formula is C61H60N2O7S2. The van der Waals surface area contributed by atoms with Crippen LogP contribution in [0.3, 0.4) is 0 Å². The van der Waals surface area contributed by atoms with Crippen molar-refractivity contribution in [2.75, 3.05) is 31.3 Å². The number of ether oxygens (including phenoxy) is 4. The van der Waals surface area contributed by atoms with Gasteiger partial charge in [-0.25, -0.2) is 4.79 Å². The number of unbranched alkanes of at least 4 members (excludes halogenated alkanes) is 2. The number of anilines is 3. The summed E-state index contributed by atoms with van der Waals surface area (Å²) in [5.74, 6) is 2.86. The van der Waals surface area contributed by atoms with Gasteiger partial charge >= 0.3 is 5.97 Å². The van der Waals surface area contributed by atoms with Gasteiger partial charge in [0, 0.05) is 37.9 Å². The molecule has 2 aliphatic rings. The second kappa shape index (κ2) is 23.0. The first kappa shape index (κ1) is 49.8. The number of hydrogen-bond acceptors (Lipinski definition) is 10. The molecule has 1 N–H and O–H groups in total. The molecule has 3 heterocycles. The molecule has 9 rings (SSSR count). The predicted molar refractivity (Wildman–Crippen MR) is 292 cm³/mol. The molecule has 11 heteroatoms. The molecule has 0 fully saturated rings. The van der Waals surface area contributed by atoms with E-state index in [-0.39, 0.29) is 11.4 Å². The van der Waals surface area contributed by atoms with E-state index in [1.165, 1.54) is 55.9 Å². The van der Waals surface area contributed by atoms with Crippen LogP contribution >= 0.6 is 22.7 Å². The van der Waals surface area contributed by atoms with Crippen molar-refractivity contribution in [3.8, 4) is 71.5 Å². The zero-order chi connectivity index (χ0) is 50.1. The van der Waals surface area contributed by atoms with E-state index in [9.17, 15) is 20.0 Å². The lowest BCUT2D eigenvalue weighted by molar-refractivity contribution is -0.132. The van der Waals surface area contributed by atoms with E-state index >= 15 is 0 Å². The van der Waals surface area contributed by atoms with Crippen LogP contribution in [0.1, 0.15) is 99.9 Å². The van der Waals surface area contributed by atoms with Crippen molar-refractivity contribution in [2.45, 2.75) is 79.1 Å². The van der Waals surface area contributed by atoms with Gasteiger partial charge in [0.1, 0.15) is 36.4 Å². The fourth-order valence-electron chi connectivity index (χ4n) is 9.39. The molecule has 0 saturated heterocycles. The molecule has 0 amide bonds. The van der Waals surface area contributed by atoms with Crippen LogP contribution in [0.2, 0.25) is 0 Å². The van der Waals surface area contributed by atoms with Crippen LogP contribution in [0.5, 0.6) is 23.0 Å². The Morgan fingerprint density at radius 3 is 1.64 bits per heavy atom. The zero-order valence-corrected chi connectivity index (χ0v) is 43.0. The van der Waals surface area contributed by atoms with E-state index in [1.54, 1.807) is 23.5 Å². The molecule has 1 aliphatic heterocycles. The summed E-state index contributed by atoms with van der Waals surface area (Å²) in [6.45, 7) is 11.2. The van der Waals surface area contributed by atoms with Crippen LogP contribution in [-0.4, -0.2) is 43.3 Å². The third kappa shape index (κ3) is 10.9. The van der Waals surface area contributed by atoms with Crippen molar-refractivity contribution in [3.63, 3.8) is 0 Å². The van der Waals surface area contributed by atoms with Gasteiger partial charge < -0.3 is 29.0 Å². The highest BCUT2D eigenvalue weighted by Gasteiger charge is 2.31. The standard InChI is InChI=1S/C61H60N2O7S2/c1-5-9-11-39(7-3)37-69-48-23-19-46(20-24-48)63(47-21-25-49(26-22-47)70-38-40(8-4)12-10-6-2)45-17-13-41(14-18-45)59-57-58(68-32-31-67-57)60(72-59)43-16-29-52-51-28-15-42(34-53(51)56(64)54(52)35-43)55-30-27-50(71-55)33-44(36-62)61(65)66/h13-30,33-35,39-40H,5-12,31-32,37-38H2,1-4H3,(H,65,66)/b44-33-. The molecule has 2 aromatic heterocycles. The maximum Gasteiger partial charge on any atom is 0.346 e. The van der Waals surface area contributed by atoms with Gasteiger partial charge in [0.2, 0.25) is 0 Å². The molecule has 7 aromatic rings. The summed E-state index contributed by atoms with van der Waals surface area (Å²) in [7, 11) is 0. The fraction of sp³-hybridized carbons (Fsp3) is 0.295. The summed E-state index contributed by atoms with van der Waals surface area (Å²) >= 11 is 2.96. The summed E-state index contributed by atoms with van der Waals surface area (Å²) in [5.41, 5.74) is 8.32. The van der Waals surface area contributed by atoms with E-state index in [0.717, 1.165) is 83.9 Å². The number of fused-ring (bicyclic) bond motifs is 4. The summed E-state index contributed by atoms with van der Waals surface area (Å²) < 4.78 is 25.4. The van der Waals surface area contributed by atoms with Gasteiger partial charge in [-0.05, 0) is 143 Å². The number of nitrogens with zero attached hydrogens (tertiary/aromatic N) is 2. The first-order chi connectivity index (χ1) is 35.2. The molecule has 2 atom stereocenters. The molecule has 0 radical (unpaired) electrons. The minimum atomic E-state index is -1.27. The average Bonchev–Trinajstić information content (AvgIpc) is 4.13. The number of nitriles is 1. The van der Waals surface area contributed by atoms with E-state index in [1.807, 2.05) is 42.5 Å². The summed E-state index contributed by atoms with van der Waals surface area (Å²) in [5, 5.41) is 18.6. The number of carbonyl (C=O) groups excluding carboxylic acids is 1. The van der Waals surface area contributed by atoms with Crippen molar-refractivity contribution in [1.82, 2.24) is 0 Å². The van der Waals surface area contributed by atoms with Crippen LogP contribution in [0.15, 0.2) is 127 Å². The summed E-state index contributed by atoms with van der Waals surface area (Å²) in [4.78, 5) is 31.2. The lowest BCUT2D eigenvalue weighted by atomic mass is 10.0. The number of rotatable bonds is 22. The van der Waals surface area contributed by atoms with Crippen LogP contribution in [-0.2, 0) is 4.79 Å². The highest BCUT2D eigenvalue weighted by molar-refractivity contribution is 7.19. The van der Waals surface area contributed by atoms with Crippen molar-refractivity contribution in [1.29, 1.82) is 5.26 Å². The summed E-state index contributed by atoms with van der Waals surface area (Å²) in [6, 6.07) is 42.6. The molecule has 9 nitrogen and oxygen atoms in total. The molecule has 0 saturated carbocycles. The average molecular weight is 997 g/mol. The first-order valence-electron chi connectivity index (χ1n) is 25.3. The highest BCUT2D eigenvalue weighted by atomic mass is 32.1. The number of carbonyl (C=O) groups is 2. The minimum absolute atomic E-state index is 0.0645. The van der Waals surface area contributed by atoms with E-state index in [2.05, 4.69) is 105 Å². The molecule has 1 aliphatic carbocycles. The van der Waals surface area contributed by atoms with Gasteiger partial charge in [0.25, 0.3) is 0 Å². The Hall–Kier alpha value is -7.13. The van der Waals surface area contributed by atoms with Crippen LogP contribution in [0, 0.1) is 23.2 Å². The highest BCUT2D eigenvalue weighted by Crippen LogP contribution is 2.55. The number of thiophene rings is 2. The van der Waals surface area contributed by atoms with Gasteiger partial charge in [-0.1, -0.05) is 103 Å². The van der Waals surface area contributed by atoms with Gasteiger partial charge in [-0.15, -0.1) is 22.7 Å². The van der Waals surface area contributed by atoms with Crippen molar-refractivity contribution >= 4 is 57.6 Å². The Morgan fingerprint density at radius 2 is 1.14 bits per heavy atom. The van der Waals surface area contributed by atoms with Gasteiger partial charge in [0.05, 0.1) is 23.0 Å². The molecular weight excluding hydrogens is 937 g/mol. The Kier molecular flexibility index (Phi) is 15.9. The maximum absolute atomic E-state index is 14.2. The normalized spacial score (nSPS) is 13.5. The second-order valence-corrected chi connectivity index (χ2v) is 20.6. The Morgan fingerprint density at radius 1 is 0.653 bits per heavy atom. The monoisotopic (exact) mass is 996 g/mol. The first-order valence-corrected chi connectivity index (χ1v) is 26.9. The van der Waals surface area contributed by atoms with Crippen molar-refractivity contribution in [3.05, 3.63) is 143 Å². The zero-order valence-electron chi connectivity index (χ0n) is 41.4. The molecule has 368 valence electrons. The Bertz CT molecular complexity index is 3040. The van der Waals surface area contributed by atoms with Gasteiger partial charge in [-0.2, -0.15) is 5.26 Å². The topological polar surface area (TPSA) is 118 Å². The Labute approximate surface area is 430 Å². The fourth-order valence-corrected chi connectivity index (χ4v) is 11.5. The van der Waals surface area contributed by atoms with E-state index in [4.69, 9.17) is 18.9 Å². The van der Waals surface area contributed by atoms with Crippen LogP contribution in [0.25, 0.3) is 48.5 Å². The number of carboxylic acid groups (broad SMARTS) is 1. The van der Waals surface area contributed by atoms with Crippen molar-refractivity contribution < 1.29 is 33.6 Å². The molecule has 72 heavy (non-hydrogen) atoms. The smallest absolute Gasteiger partial charge is 0.346 e. The molecule has 0 bridgehead atoms. The number of ketones is 1. The maximum atomic E-state index is 14.2. The van der Waals surface area contributed by atoms with Crippen LogP contribution in [0.4, 0.5) is 17.1 Å². The molecule has 0 spiro atoms. The minimum Gasteiger partial charge on any atom is -0.493 e. The summed E-state index contributed by atoms with van der Waals surface area (Å²) in [6.07, 6.45) is 10.7. The predicted octanol–water partition coefficient (Wildman–Crippen LogP) is 16.4. The third-order valence-corrected chi connectivity index (χ3v) is 16.0. The lowest BCUT2D eigenvalue weighted by Gasteiger charge is -2.26. The van der Waals surface area contributed by atoms with Crippen molar-refractivity contribution in [2.24, 2.45) is 11.8 Å². The number of benzene rings is 5. The van der Waals surface area contributed by atoms with E-state index < -0.39 is 5.97 Å². The lowest BCUT2D eigenvalue weighted by Crippen LogP contribution is -2.14. The Balaban J connectivity index is 0.985. The quantitative estimate of drug-likeness (QED) is 0.0523. The number of hydrogen-bond donors (Lipinski definition) is 1. The second-order valence-electron chi connectivity index (χ2n) is 18.5. The number of aliphatic carboxylic acids is 1. The van der Waals surface area contributed by atoms with E-state index in [0.29, 0.717) is 65.8 Å². The van der Waals surface area contributed by atoms with Gasteiger partial charge in [-0.3, -0.25) is 4.79 Å². The largest absolute Gasteiger partial charge is 0.493 e. The van der Waals surface area contributed by atoms with Gasteiger partial charge in [0.15, 0.2) is 17.3 Å². The third-order valence-electron chi connectivity index (χ3n) is 13.7. The number of carboxylic acids is 1. The van der Waals surface area contributed by atoms with Crippen LogP contribution < -0.4 is 23.8 Å². The SMILES string of the molecule is CCCCC(CC)COc1ccc(N(c2ccc(OCC(CC)CCCC)cc2)c2ccc(-c3sc(-c4ccc5c(c4)C(=O)c4cc(-c6ccc(/C=C(/C#N)C(=O)O)s6)ccc4-5)c4c3OCCO4)cc2)cc1. The molecule has 5 aromatic carbocycles. The molecule has 2 unspecified atom stereocenters.